The summed E-state index contributed by atoms with van der Waals surface area (Å²) in [6.45, 7) is 6.54. The van der Waals surface area contributed by atoms with Crippen LogP contribution in [0, 0.1) is 32.5 Å². The van der Waals surface area contributed by atoms with Crippen LogP contribution in [0.5, 0.6) is 5.88 Å². The first kappa shape index (κ1) is 19.7. The molecule has 3 aromatic heterocycles. The molecular formula is C21H24FN5OS. The highest BCUT2D eigenvalue weighted by Crippen LogP contribution is 2.48. The highest BCUT2D eigenvalue weighted by Gasteiger charge is 2.38. The van der Waals surface area contributed by atoms with E-state index in [1.807, 2.05) is 32.2 Å². The predicted molar refractivity (Wildman–Crippen MR) is 111 cm³/mol. The van der Waals surface area contributed by atoms with E-state index in [4.69, 9.17) is 4.74 Å². The minimum Gasteiger partial charge on any atom is -0.475 e. The molecule has 0 amide bonds. The minimum atomic E-state index is -0.549. The van der Waals surface area contributed by atoms with Crippen LogP contribution in [0.1, 0.15) is 45.9 Å². The van der Waals surface area contributed by atoms with Gasteiger partial charge in [0.2, 0.25) is 5.82 Å². The average molecular weight is 414 g/mol. The second kappa shape index (κ2) is 8.41. The van der Waals surface area contributed by atoms with Crippen LogP contribution in [0.3, 0.4) is 0 Å². The Balaban J connectivity index is 1.34. The zero-order valence-electron chi connectivity index (χ0n) is 16.8. The van der Waals surface area contributed by atoms with Gasteiger partial charge < -0.3 is 10.1 Å². The molecule has 8 heteroatoms. The summed E-state index contributed by atoms with van der Waals surface area (Å²) in [5.41, 5.74) is 2.08. The van der Waals surface area contributed by atoms with Gasteiger partial charge >= 0.3 is 0 Å². The van der Waals surface area contributed by atoms with Gasteiger partial charge in [0.05, 0.1) is 23.9 Å². The Morgan fingerprint density at radius 1 is 1.21 bits per heavy atom. The number of nitrogens with zero attached hydrogens (tertiary/aromatic N) is 4. The largest absolute Gasteiger partial charge is 0.475 e. The fourth-order valence-electron chi connectivity index (χ4n) is 3.48. The number of hydrogen-bond donors (Lipinski definition) is 1. The first-order chi connectivity index (χ1) is 14.0. The normalized spacial score (nSPS) is 17.9. The number of anilines is 1. The van der Waals surface area contributed by atoms with Crippen LogP contribution in [-0.2, 0) is 6.54 Å². The molecule has 1 N–H and O–H groups in total. The molecular weight excluding hydrogens is 389 g/mol. The van der Waals surface area contributed by atoms with E-state index in [0.29, 0.717) is 30.8 Å². The number of pyridine rings is 1. The van der Waals surface area contributed by atoms with Crippen LogP contribution < -0.4 is 10.1 Å². The third-order valence-corrected chi connectivity index (χ3v) is 6.14. The molecule has 0 radical (unpaired) electrons. The molecule has 0 saturated heterocycles. The van der Waals surface area contributed by atoms with Gasteiger partial charge in [-0.2, -0.15) is 9.37 Å². The quantitative estimate of drug-likeness (QED) is 0.583. The van der Waals surface area contributed by atoms with E-state index < -0.39 is 5.82 Å². The highest BCUT2D eigenvalue weighted by atomic mass is 32.1. The summed E-state index contributed by atoms with van der Waals surface area (Å²) in [4.78, 5) is 18.2. The first-order valence-electron chi connectivity index (χ1n) is 9.76. The van der Waals surface area contributed by atoms with Crippen molar-refractivity contribution in [2.24, 2.45) is 5.92 Å². The highest BCUT2D eigenvalue weighted by molar-refractivity contribution is 7.11. The first-order valence-corrected chi connectivity index (χ1v) is 10.6. The van der Waals surface area contributed by atoms with Crippen LogP contribution in [0.2, 0.25) is 0 Å². The van der Waals surface area contributed by atoms with Crippen molar-refractivity contribution in [3.05, 3.63) is 57.3 Å². The molecule has 1 aliphatic rings. The van der Waals surface area contributed by atoms with Crippen LogP contribution in [0.25, 0.3) is 0 Å². The summed E-state index contributed by atoms with van der Waals surface area (Å²) in [5, 5.41) is 4.05. The Kier molecular flexibility index (Phi) is 5.71. The predicted octanol–water partition coefficient (Wildman–Crippen LogP) is 4.58. The smallest absolute Gasteiger partial charge is 0.256 e. The fourth-order valence-corrected chi connectivity index (χ4v) is 4.36. The minimum absolute atomic E-state index is 0.00671. The van der Waals surface area contributed by atoms with Crippen molar-refractivity contribution >= 4 is 17.2 Å². The van der Waals surface area contributed by atoms with Gasteiger partial charge in [-0.3, -0.25) is 4.98 Å². The second-order valence-corrected chi connectivity index (χ2v) is 8.62. The SMILES string of the molecule is Cc1nc(NCc2sc(C)nc2C)c(F)c(OCC[C@H]2C[C@@H]2c2ccccn2)n1. The third kappa shape index (κ3) is 4.70. The number of aryl methyl sites for hydroxylation is 3. The lowest BCUT2D eigenvalue weighted by Gasteiger charge is -2.11. The lowest BCUT2D eigenvalue weighted by Crippen LogP contribution is -2.10. The number of nitrogens with one attached hydrogen (secondary N) is 1. The van der Waals surface area contributed by atoms with Gasteiger partial charge in [0.15, 0.2) is 5.82 Å². The van der Waals surface area contributed by atoms with E-state index in [2.05, 4.69) is 31.3 Å². The maximum Gasteiger partial charge on any atom is 0.256 e. The zero-order valence-corrected chi connectivity index (χ0v) is 17.6. The second-order valence-electron chi connectivity index (χ2n) is 7.33. The number of rotatable bonds is 8. The molecule has 0 spiro atoms. The molecule has 1 fully saturated rings. The summed E-state index contributed by atoms with van der Waals surface area (Å²) in [6.07, 6.45) is 3.78. The summed E-state index contributed by atoms with van der Waals surface area (Å²) >= 11 is 1.59. The van der Waals surface area contributed by atoms with Crippen LogP contribution in [0.15, 0.2) is 24.4 Å². The number of aromatic nitrogens is 4. The molecule has 0 aromatic carbocycles. The van der Waals surface area contributed by atoms with E-state index >= 15 is 0 Å². The van der Waals surface area contributed by atoms with Crippen LogP contribution in [0.4, 0.5) is 10.2 Å². The van der Waals surface area contributed by atoms with Gasteiger partial charge in [-0.15, -0.1) is 11.3 Å². The average Bonchev–Trinajstić information content (AvgIpc) is 3.40. The molecule has 3 heterocycles. The Bertz CT molecular complexity index is 994. The van der Waals surface area contributed by atoms with Crippen LogP contribution >= 0.6 is 11.3 Å². The van der Waals surface area contributed by atoms with E-state index in [-0.39, 0.29) is 11.7 Å². The molecule has 0 aliphatic heterocycles. The Morgan fingerprint density at radius 3 is 2.79 bits per heavy atom. The number of thiazole rings is 1. The van der Waals surface area contributed by atoms with Crippen molar-refractivity contribution < 1.29 is 9.13 Å². The standard InChI is InChI=1S/C21H24FN5OS/c1-12-18(29-14(3)25-12)11-24-20-19(22)21(27-13(2)26-20)28-9-7-15-10-16(15)17-6-4-5-8-23-17/h4-6,8,15-16H,7,9-11H2,1-3H3,(H,24,26,27)/t15-,16-/m0/s1. The maximum atomic E-state index is 14.8. The van der Waals surface area contributed by atoms with Crippen molar-refractivity contribution in [1.82, 2.24) is 19.9 Å². The third-order valence-electron chi connectivity index (χ3n) is 5.07. The number of hydrogen-bond acceptors (Lipinski definition) is 7. The van der Waals surface area contributed by atoms with Crippen molar-refractivity contribution in [2.45, 2.75) is 46.1 Å². The van der Waals surface area contributed by atoms with Crippen LogP contribution in [-0.4, -0.2) is 26.5 Å². The van der Waals surface area contributed by atoms with Gasteiger partial charge in [0.1, 0.15) is 5.82 Å². The maximum absolute atomic E-state index is 14.8. The number of halogens is 1. The molecule has 0 unspecified atom stereocenters. The molecule has 3 aromatic rings. The lowest BCUT2D eigenvalue weighted by atomic mass is 10.2. The Morgan fingerprint density at radius 2 is 2.07 bits per heavy atom. The van der Waals surface area contributed by atoms with Gasteiger partial charge in [0, 0.05) is 22.7 Å². The van der Waals surface area contributed by atoms with E-state index in [9.17, 15) is 4.39 Å². The monoisotopic (exact) mass is 413 g/mol. The van der Waals surface area contributed by atoms with Gasteiger partial charge in [0.25, 0.3) is 5.88 Å². The molecule has 29 heavy (non-hydrogen) atoms. The van der Waals surface area contributed by atoms with Gasteiger partial charge in [-0.1, -0.05) is 6.07 Å². The lowest BCUT2D eigenvalue weighted by molar-refractivity contribution is 0.274. The Labute approximate surface area is 173 Å². The van der Waals surface area contributed by atoms with Crippen molar-refractivity contribution in [2.75, 3.05) is 11.9 Å². The molecule has 152 valence electrons. The van der Waals surface area contributed by atoms with E-state index in [0.717, 1.165) is 34.1 Å². The molecule has 0 bridgehead atoms. The summed E-state index contributed by atoms with van der Waals surface area (Å²) < 4.78 is 20.5. The zero-order chi connectivity index (χ0) is 20.4. The van der Waals surface area contributed by atoms with Crippen molar-refractivity contribution in [1.29, 1.82) is 0 Å². The summed E-state index contributed by atoms with van der Waals surface area (Å²) in [5.74, 6) is 1.11. The molecule has 4 rings (SSSR count). The molecule has 2 atom stereocenters. The summed E-state index contributed by atoms with van der Waals surface area (Å²) in [6, 6.07) is 5.99. The Hall–Kier alpha value is -2.61. The fraction of sp³-hybridized carbons (Fsp3) is 0.429. The van der Waals surface area contributed by atoms with Gasteiger partial charge in [-0.05, 0) is 51.7 Å². The molecule has 6 nitrogen and oxygen atoms in total. The van der Waals surface area contributed by atoms with Crippen molar-refractivity contribution in [3.8, 4) is 5.88 Å². The topological polar surface area (TPSA) is 72.8 Å². The molecule has 1 aliphatic carbocycles. The summed E-state index contributed by atoms with van der Waals surface area (Å²) in [7, 11) is 0. The van der Waals surface area contributed by atoms with Gasteiger partial charge in [-0.25, -0.2) is 9.97 Å². The van der Waals surface area contributed by atoms with E-state index in [1.54, 1.807) is 18.3 Å². The number of ether oxygens (including phenoxy) is 1. The molecule has 1 saturated carbocycles. The van der Waals surface area contributed by atoms with E-state index in [1.165, 1.54) is 0 Å². The van der Waals surface area contributed by atoms with Crippen molar-refractivity contribution in [3.63, 3.8) is 0 Å².